The molecule has 0 radical (unpaired) electrons. The largest absolute Gasteiger partial charge is 0.342 e. The van der Waals surface area contributed by atoms with Gasteiger partial charge in [0, 0.05) is 31.5 Å². The van der Waals surface area contributed by atoms with Crippen molar-refractivity contribution >= 4 is 23.2 Å². The standard InChI is InChI=1S/C19H20FN3OS/c1-22(18(24)14-7-9-16(20)10-8-14)19(25)23-12-3-2-6-17(23)15-5-4-11-21-13-15/h4-5,7-11,13,17H,2-3,6,12H2,1H3. The number of rotatable bonds is 2. The molecule has 0 bridgehead atoms. The molecule has 1 aliphatic rings. The van der Waals surface area contributed by atoms with Crippen molar-refractivity contribution in [2.75, 3.05) is 13.6 Å². The summed E-state index contributed by atoms with van der Waals surface area (Å²) in [5.41, 5.74) is 1.52. The molecule has 0 N–H and O–H groups in total. The molecule has 1 aromatic heterocycles. The third kappa shape index (κ3) is 3.85. The first-order valence-electron chi connectivity index (χ1n) is 8.32. The van der Waals surface area contributed by atoms with Crippen molar-refractivity contribution in [1.82, 2.24) is 14.8 Å². The summed E-state index contributed by atoms with van der Waals surface area (Å²) in [6.07, 6.45) is 6.74. The zero-order valence-electron chi connectivity index (χ0n) is 14.1. The average molecular weight is 357 g/mol. The van der Waals surface area contributed by atoms with Crippen LogP contribution >= 0.6 is 12.2 Å². The van der Waals surface area contributed by atoms with E-state index in [2.05, 4.69) is 9.88 Å². The van der Waals surface area contributed by atoms with Crippen LogP contribution in [0.3, 0.4) is 0 Å². The molecule has 3 rings (SSSR count). The minimum atomic E-state index is -0.366. The smallest absolute Gasteiger partial charge is 0.259 e. The van der Waals surface area contributed by atoms with Crippen molar-refractivity contribution in [3.63, 3.8) is 0 Å². The summed E-state index contributed by atoms with van der Waals surface area (Å²) in [6.45, 7) is 0.805. The fourth-order valence-corrected chi connectivity index (χ4v) is 3.45. The van der Waals surface area contributed by atoms with Crippen LogP contribution < -0.4 is 0 Å². The van der Waals surface area contributed by atoms with Gasteiger partial charge in [-0.25, -0.2) is 4.39 Å². The van der Waals surface area contributed by atoms with Gasteiger partial charge in [0.15, 0.2) is 5.11 Å². The van der Waals surface area contributed by atoms with Crippen molar-refractivity contribution in [3.05, 3.63) is 65.7 Å². The Labute approximate surface area is 152 Å². The maximum atomic E-state index is 13.1. The van der Waals surface area contributed by atoms with Gasteiger partial charge in [-0.2, -0.15) is 0 Å². The Morgan fingerprint density at radius 1 is 1.28 bits per heavy atom. The van der Waals surface area contributed by atoms with E-state index in [9.17, 15) is 9.18 Å². The van der Waals surface area contributed by atoms with Gasteiger partial charge in [-0.1, -0.05) is 6.07 Å². The molecular formula is C19H20FN3OS. The van der Waals surface area contributed by atoms with Crippen LogP contribution in [-0.4, -0.2) is 39.4 Å². The number of halogens is 1. The van der Waals surface area contributed by atoms with Crippen molar-refractivity contribution in [3.8, 4) is 0 Å². The summed E-state index contributed by atoms with van der Waals surface area (Å²) in [7, 11) is 1.67. The number of aromatic nitrogens is 1. The third-order valence-corrected chi connectivity index (χ3v) is 5.01. The molecule has 1 saturated heterocycles. The lowest BCUT2D eigenvalue weighted by Gasteiger charge is -2.40. The van der Waals surface area contributed by atoms with E-state index < -0.39 is 0 Å². The average Bonchev–Trinajstić information content (AvgIpc) is 2.67. The summed E-state index contributed by atoms with van der Waals surface area (Å²) in [4.78, 5) is 20.4. The summed E-state index contributed by atoms with van der Waals surface area (Å²) in [5.74, 6) is -0.602. The Balaban J connectivity index is 1.79. The zero-order chi connectivity index (χ0) is 17.8. The Morgan fingerprint density at radius 2 is 2.04 bits per heavy atom. The van der Waals surface area contributed by atoms with Gasteiger partial charge in [-0.05, 0) is 67.4 Å². The molecule has 2 aromatic rings. The molecule has 4 nitrogen and oxygen atoms in total. The number of carbonyl (C=O) groups is 1. The van der Waals surface area contributed by atoms with E-state index in [1.54, 1.807) is 13.2 Å². The van der Waals surface area contributed by atoms with E-state index in [0.717, 1.165) is 31.4 Å². The molecule has 1 unspecified atom stereocenters. The minimum absolute atomic E-state index is 0.124. The number of amides is 1. The fraction of sp³-hybridized carbons (Fsp3) is 0.316. The number of thiocarbonyl (C=S) groups is 1. The molecule has 1 amide bonds. The predicted molar refractivity (Wildman–Crippen MR) is 98.6 cm³/mol. The number of carbonyl (C=O) groups excluding carboxylic acids is 1. The second-order valence-electron chi connectivity index (χ2n) is 6.14. The van der Waals surface area contributed by atoms with E-state index >= 15 is 0 Å². The SMILES string of the molecule is CN(C(=O)c1ccc(F)cc1)C(=S)N1CCCCC1c1cccnc1. The first kappa shape index (κ1) is 17.5. The molecule has 0 aliphatic carbocycles. The van der Waals surface area contributed by atoms with Crippen molar-refractivity contribution in [1.29, 1.82) is 0 Å². The topological polar surface area (TPSA) is 36.4 Å². The predicted octanol–water partition coefficient (Wildman–Crippen LogP) is 3.80. The highest BCUT2D eigenvalue weighted by molar-refractivity contribution is 7.80. The van der Waals surface area contributed by atoms with E-state index in [0.29, 0.717) is 10.7 Å². The van der Waals surface area contributed by atoms with Gasteiger partial charge in [-0.3, -0.25) is 14.7 Å². The fourth-order valence-electron chi connectivity index (χ4n) is 3.15. The van der Waals surface area contributed by atoms with Crippen molar-refractivity contribution in [2.24, 2.45) is 0 Å². The van der Waals surface area contributed by atoms with Crippen LogP contribution in [-0.2, 0) is 0 Å². The molecule has 0 spiro atoms. The third-order valence-electron chi connectivity index (χ3n) is 4.50. The number of nitrogens with zero attached hydrogens (tertiary/aromatic N) is 3. The van der Waals surface area contributed by atoms with E-state index in [-0.39, 0.29) is 17.8 Å². The summed E-state index contributed by atoms with van der Waals surface area (Å²) < 4.78 is 13.1. The Bertz CT molecular complexity index is 751. The van der Waals surface area contributed by atoms with Gasteiger partial charge in [0.25, 0.3) is 5.91 Å². The second-order valence-corrected chi connectivity index (χ2v) is 6.51. The first-order chi connectivity index (χ1) is 12.1. The van der Waals surface area contributed by atoms with Crippen LogP contribution in [0.15, 0.2) is 48.8 Å². The highest BCUT2D eigenvalue weighted by Gasteiger charge is 2.29. The lowest BCUT2D eigenvalue weighted by molar-refractivity contribution is 0.0849. The molecule has 6 heteroatoms. The van der Waals surface area contributed by atoms with Gasteiger partial charge in [0.2, 0.25) is 0 Å². The molecule has 1 fully saturated rings. The highest BCUT2D eigenvalue weighted by atomic mass is 32.1. The first-order valence-corrected chi connectivity index (χ1v) is 8.73. The summed E-state index contributed by atoms with van der Waals surface area (Å²) >= 11 is 5.61. The molecule has 1 aliphatic heterocycles. The van der Waals surface area contributed by atoms with E-state index in [4.69, 9.17) is 12.2 Å². The van der Waals surface area contributed by atoms with Gasteiger partial charge in [-0.15, -0.1) is 0 Å². The van der Waals surface area contributed by atoms with Gasteiger partial charge >= 0.3 is 0 Å². The van der Waals surface area contributed by atoms with Crippen LogP contribution in [0.2, 0.25) is 0 Å². The van der Waals surface area contributed by atoms with Crippen LogP contribution in [0.5, 0.6) is 0 Å². The summed E-state index contributed by atoms with van der Waals surface area (Å²) in [6, 6.07) is 9.60. The molecular weight excluding hydrogens is 337 g/mol. The Morgan fingerprint density at radius 3 is 2.72 bits per heavy atom. The zero-order valence-corrected chi connectivity index (χ0v) is 14.9. The van der Waals surface area contributed by atoms with Gasteiger partial charge in [0.05, 0.1) is 6.04 Å². The van der Waals surface area contributed by atoms with Crippen molar-refractivity contribution in [2.45, 2.75) is 25.3 Å². The maximum Gasteiger partial charge on any atom is 0.259 e. The number of piperidine rings is 1. The quantitative estimate of drug-likeness (QED) is 0.766. The molecule has 0 saturated carbocycles. The number of hydrogen-bond acceptors (Lipinski definition) is 3. The van der Waals surface area contributed by atoms with Crippen molar-refractivity contribution < 1.29 is 9.18 Å². The Kier molecular flexibility index (Phi) is 5.38. The molecule has 130 valence electrons. The second kappa shape index (κ2) is 7.70. The molecule has 2 heterocycles. The van der Waals surface area contributed by atoms with Crippen LogP contribution in [0, 0.1) is 5.82 Å². The minimum Gasteiger partial charge on any atom is -0.342 e. The van der Waals surface area contributed by atoms with Crippen LogP contribution in [0.1, 0.15) is 41.2 Å². The maximum absolute atomic E-state index is 13.1. The highest BCUT2D eigenvalue weighted by Crippen LogP contribution is 2.31. The molecule has 1 aromatic carbocycles. The van der Waals surface area contributed by atoms with Gasteiger partial charge in [0.1, 0.15) is 5.82 Å². The normalized spacial score (nSPS) is 17.2. The van der Waals surface area contributed by atoms with E-state index in [1.807, 2.05) is 18.3 Å². The lowest BCUT2D eigenvalue weighted by atomic mass is 9.97. The number of benzene rings is 1. The number of hydrogen-bond donors (Lipinski definition) is 0. The number of pyridine rings is 1. The lowest BCUT2D eigenvalue weighted by Crippen LogP contribution is -2.47. The Hall–Kier alpha value is -2.34. The van der Waals surface area contributed by atoms with Crippen LogP contribution in [0.4, 0.5) is 4.39 Å². The summed E-state index contributed by atoms with van der Waals surface area (Å²) in [5, 5.41) is 0.489. The van der Waals surface area contributed by atoms with E-state index in [1.165, 1.54) is 29.2 Å². The van der Waals surface area contributed by atoms with Crippen LogP contribution in [0.25, 0.3) is 0 Å². The molecule has 1 atom stereocenters. The monoisotopic (exact) mass is 357 g/mol. The van der Waals surface area contributed by atoms with Gasteiger partial charge < -0.3 is 4.90 Å². The molecule has 25 heavy (non-hydrogen) atoms. The number of likely N-dealkylation sites (tertiary alicyclic amines) is 1.